The fraction of sp³-hybridized carbons (Fsp3) is 0.231. The smallest absolute Gasteiger partial charge is 0.251 e. The van der Waals surface area contributed by atoms with Gasteiger partial charge in [0.2, 0.25) is 0 Å². The highest BCUT2D eigenvalue weighted by molar-refractivity contribution is 6.07. The van der Waals surface area contributed by atoms with Crippen LogP contribution in [0.1, 0.15) is 31.1 Å². The van der Waals surface area contributed by atoms with Crippen LogP contribution in [-0.2, 0) is 0 Å². The van der Waals surface area contributed by atoms with E-state index in [-0.39, 0.29) is 5.91 Å². The first kappa shape index (κ1) is 22.9. The maximum atomic E-state index is 12.3. The van der Waals surface area contributed by atoms with Crippen LogP contribution in [0.5, 0.6) is 23.0 Å². The van der Waals surface area contributed by atoms with E-state index in [1.807, 2.05) is 75.4 Å². The predicted octanol–water partition coefficient (Wildman–Crippen LogP) is 5.97. The van der Waals surface area contributed by atoms with Gasteiger partial charge in [-0.2, -0.15) is 0 Å². The number of hydrogen-bond acceptors (Lipinski definition) is 5. The Labute approximate surface area is 188 Å². The largest absolute Gasteiger partial charge is 0.493 e. The van der Waals surface area contributed by atoms with Crippen molar-refractivity contribution < 1.29 is 19.0 Å². The normalized spacial score (nSPS) is 10.3. The highest BCUT2D eigenvalue weighted by atomic mass is 16.5. The summed E-state index contributed by atoms with van der Waals surface area (Å²) < 4.78 is 17.0. The van der Waals surface area contributed by atoms with E-state index in [0.717, 1.165) is 21.7 Å². The molecule has 0 aliphatic heterocycles. The van der Waals surface area contributed by atoms with E-state index >= 15 is 0 Å². The molecule has 1 N–H and O–H groups in total. The summed E-state index contributed by atoms with van der Waals surface area (Å²) in [6.07, 6.45) is 1.69. The molecule has 6 heteroatoms. The monoisotopic (exact) mass is 432 g/mol. The van der Waals surface area contributed by atoms with Crippen molar-refractivity contribution in [2.45, 2.75) is 20.8 Å². The predicted molar refractivity (Wildman–Crippen MR) is 128 cm³/mol. The van der Waals surface area contributed by atoms with Crippen molar-refractivity contribution in [2.75, 3.05) is 20.8 Å². The molecule has 0 atom stereocenters. The molecule has 166 valence electrons. The minimum atomic E-state index is -0.0852. The number of nitrogens with zero attached hydrogens (tertiary/aromatic N) is 1. The number of nitrogens with one attached hydrogen (secondary N) is 1. The lowest BCUT2D eigenvalue weighted by Gasteiger charge is -2.13. The number of fused-ring (bicyclic) bond motifs is 2. The summed E-state index contributed by atoms with van der Waals surface area (Å²) in [4.78, 5) is 16.7. The van der Waals surface area contributed by atoms with Crippen molar-refractivity contribution in [3.8, 4) is 23.0 Å². The van der Waals surface area contributed by atoms with Crippen LogP contribution < -0.4 is 19.5 Å². The maximum Gasteiger partial charge on any atom is 0.251 e. The lowest BCUT2D eigenvalue weighted by molar-refractivity contribution is 0.0957. The Kier molecular flexibility index (Phi) is 7.49. The number of carbonyl (C=O) groups is 1. The zero-order chi connectivity index (χ0) is 23.1. The molecule has 1 amide bonds. The second kappa shape index (κ2) is 10.5. The Bertz CT molecular complexity index is 1240. The number of aromatic nitrogens is 1. The third-order valence-electron chi connectivity index (χ3n) is 4.87. The van der Waals surface area contributed by atoms with Crippen molar-refractivity contribution in [2.24, 2.45) is 0 Å². The van der Waals surface area contributed by atoms with Crippen LogP contribution in [0.2, 0.25) is 0 Å². The first-order chi connectivity index (χ1) is 15.6. The average Bonchev–Trinajstić information content (AvgIpc) is 2.84. The number of ether oxygens (including phenoxy) is 3. The Balaban J connectivity index is 0.00000141. The van der Waals surface area contributed by atoms with E-state index < -0.39 is 0 Å². The van der Waals surface area contributed by atoms with Gasteiger partial charge >= 0.3 is 0 Å². The Morgan fingerprint density at radius 2 is 1.66 bits per heavy atom. The third-order valence-corrected chi connectivity index (χ3v) is 4.87. The number of amides is 1. The number of rotatable bonds is 6. The number of methoxy groups -OCH3 is 2. The van der Waals surface area contributed by atoms with E-state index in [2.05, 4.69) is 10.3 Å². The van der Waals surface area contributed by atoms with Gasteiger partial charge in [0.05, 0.1) is 19.7 Å². The van der Waals surface area contributed by atoms with Gasteiger partial charge in [-0.1, -0.05) is 26.0 Å². The molecule has 4 rings (SSSR count). The minimum absolute atomic E-state index is 0.0852. The Morgan fingerprint density at radius 3 is 2.38 bits per heavy atom. The van der Waals surface area contributed by atoms with Crippen LogP contribution in [0, 0.1) is 0 Å². The minimum Gasteiger partial charge on any atom is -0.493 e. The molecule has 4 aromatic rings. The molecular formula is C26H28N2O4. The van der Waals surface area contributed by atoms with E-state index in [4.69, 9.17) is 14.2 Å². The van der Waals surface area contributed by atoms with Gasteiger partial charge in [0.1, 0.15) is 11.5 Å². The summed E-state index contributed by atoms with van der Waals surface area (Å²) >= 11 is 0. The van der Waals surface area contributed by atoms with Crippen molar-refractivity contribution in [3.63, 3.8) is 0 Å². The Hall–Kier alpha value is -3.80. The number of pyridine rings is 1. The highest BCUT2D eigenvalue weighted by Gasteiger charge is 2.13. The molecule has 0 fully saturated rings. The lowest BCUT2D eigenvalue weighted by Crippen LogP contribution is -2.22. The first-order valence-electron chi connectivity index (χ1n) is 10.6. The summed E-state index contributed by atoms with van der Waals surface area (Å²) in [6.45, 7) is 6.48. The molecule has 0 aliphatic rings. The number of benzene rings is 3. The van der Waals surface area contributed by atoms with Gasteiger partial charge < -0.3 is 19.5 Å². The van der Waals surface area contributed by atoms with Gasteiger partial charge in [0, 0.05) is 29.8 Å². The third kappa shape index (κ3) is 4.59. The van der Waals surface area contributed by atoms with Crippen LogP contribution >= 0.6 is 0 Å². The fourth-order valence-electron chi connectivity index (χ4n) is 3.44. The lowest BCUT2D eigenvalue weighted by atomic mass is 10.0. The standard InChI is InChI=1S/C24H22N2O4.C2H6/c1-4-25-24(27)18-7-5-6-15-12-16(8-9-17(15)18)30-21-10-11-26-20-14-23(29-3)22(28-2)13-19(20)21;1-2/h5-14H,4H2,1-3H3,(H,25,27);1-2H3. The van der Waals surface area contributed by atoms with Gasteiger partial charge in [-0.25, -0.2) is 0 Å². The zero-order valence-electron chi connectivity index (χ0n) is 19.1. The summed E-state index contributed by atoms with van der Waals surface area (Å²) in [7, 11) is 3.18. The molecule has 1 aromatic heterocycles. The molecule has 32 heavy (non-hydrogen) atoms. The van der Waals surface area contributed by atoms with E-state index in [1.54, 1.807) is 20.4 Å². The van der Waals surface area contributed by atoms with Crippen LogP contribution in [0.3, 0.4) is 0 Å². The van der Waals surface area contributed by atoms with E-state index in [0.29, 0.717) is 35.1 Å². The molecule has 0 bridgehead atoms. The summed E-state index contributed by atoms with van der Waals surface area (Å²) in [5, 5.41) is 5.46. The molecular weight excluding hydrogens is 404 g/mol. The fourth-order valence-corrected chi connectivity index (χ4v) is 3.44. The van der Waals surface area contributed by atoms with Crippen molar-refractivity contribution in [1.29, 1.82) is 0 Å². The topological polar surface area (TPSA) is 69.7 Å². The van der Waals surface area contributed by atoms with Crippen molar-refractivity contribution in [1.82, 2.24) is 10.3 Å². The number of hydrogen-bond donors (Lipinski definition) is 1. The van der Waals surface area contributed by atoms with Crippen molar-refractivity contribution in [3.05, 3.63) is 66.4 Å². The van der Waals surface area contributed by atoms with Crippen LogP contribution in [-0.4, -0.2) is 31.7 Å². The molecule has 0 aliphatic carbocycles. The summed E-state index contributed by atoms with van der Waals surface area (Å²) in [5.74, 6) is 2.45. The molecule has 0 spiro atoms. The molecule has 3 aromatic carbocycles. The van der Waals surface area contributed by atoms with Crippen molar-refractivity contribution >= 4 is 27.6 Å². The highest BCUT2D eigenvalue weighted by Crippen LogP contribution is 2.37. The summed E-state index contributed by atoms with van der Waals surface area (Å²) in [6, 6.07) is 16.8. The zero-order valence-corrected chi connectivity index (χ0v) is 19.1. The van der Waals surface area contributed by atoms with E-state index in [1.165, 1.54) is 0 Å². The van der Waals surface area contributed by atoms with Crippen LogP contribution in [0.15, 0.2) is 60.8 Å². The van der Waals surface area contributed by atoms with Gasteiger partial charge in [-0.15, -0.1) is 0 Å². The molecule has 1 heterocycles. The molecule has 0 radical (unpaired) electrons. The molecule has 0 saturated heterocycles. The van der Waals surface area contributed by atoms with Crippen LogP contribution in [0.25, 0.3) is 21.7 Å². The molecule has 0 saturated carbocycles. The van der Waals surface area contributed by atoms with Crippen LogP contribution in [0.4, 0.5) is 0 Å². The quantitative estimate of drug-likeness (QED) is 0.406. The van der Waals surface area contributed by atoms with Gasteiger partial charge in [-0.3, -0.25) is 9.78 Å². The number of carbonyl (C=O) groups excluding carboxylic acids is 1. The van der Waals surface area contributed by atoms with Gasteiger partial charge in [-0.05, 0) is 54.1 Å². The SMILES string of the molecule is CC.CCNC(=O)c1cccc2cc(Oc3ccnc4cc(OC)c(OC)cc34)ccc12. The molecule has 0 unspecified atom stereocenters. The second-order valence-corrected chi connectivity index (χ2v) is 6.68. The summed E-state index contributed by atoms with van der Waals surface area (Å²) in [5.41, 5.74) is 1.39. The molecule has 6 nitrogen and oxygen atoms in total. The van der Waals surface area contributed by atoms with Gasteiger partial charge in [0.25, 0.3) is 5.91 Å². The first-order valence-corrected chi connectivity index (χ1v) is 10.6. The average molecular weight is 433 g/mol. The maximum absolute atomic E-state index is 12.3. The van der Waals surface area contributed by atoms with E-state index in [9.17, 15) is 4.79 Å². The Morgan fingerprint density at radius 1 is 0.906 bits per heavy atom. The second-order valence-electron chi connectivity index (χ2n) is 6.68. The van der Waals surface area contributed by atoms with Gasteiger partial charge in [0.15, 0.2) is 11.5 Å².